The van der Waals surface area contributed by atoms with Crippen LogP contribution in [0.25, 0.3) is 11.5 Å². The van der Waals surface area contributed by atoms with Crippen LogP contribution in [0.15, 0.2) is 34.9 Å². The van der Waals surface area contributed by atoms with Gasteiger partial charge in [0, 0.05) is 12.6 Å². The zero-order valence-electron chi connectivity index (χ0n) is 12.8. The molecule has 1 aliphatic rings. The molecule has 3 N–H and O–H groups in total. The molecule has 1 amide bonds. The summed E-state index contributed by atoms with van der Waals surface area (Å²) in [7, 11) is 0. The van der Waals surface area contributed by atoms with Crippen LogP contribution in [-0.4, -0.2) is 23.5 Å². The molecule has 0 saturated heterocycles. The Kier molecular flexibility index (Phi) is 7.06. The topological polar surface area (TPSA) is 81.2 Å². The van der Waals surface area contributed by atoms with E-state index in [-0.39, 0.29) is 36.8 Å². The van der Waals surface area contributed by atoms with Gasteiger partial charge in [-0.3, -0.25) is 4.79 Å². The monoisotopic (exact) mass is 357 g/mol. The predicted octanol–water partition coefficient (Wildman–Crippen LogP) is 2.96. The molecule has 23 heavy (non-hydrogen) atoms. The van der Waals surface area contributed by atoms with Gasteiger partial charge in [0.1, 0.15) is 5.69 Å². The number of nitrogens with one attached hydrogen (secondary N) is 1. The fourth-order valence-corrected chi connectivity index (χ4v) is 2.36. The highest BCUT2D eigenvalue weighted by Crippen LogP contribution is 2.31. The Balaban J connectivity index is 0.00000132. The molecule has 5 nitrogen and oxygen atoms in total. The fraction of sp³-hybridized carbons (Fsp3) is 0.375. The molecule has 1 saturated carbocycles. The normalized spacial score (nSPS) is 14.3. The van der Waals surface area contributed by atoms with E-state index in [0.29, 0.717) is 29.5 Å². The van der Waals surface area contributed by atoms with Gasteiger partial charge in [-0.15, -0.1) is 24.8 Å². The molecule has 0 spiro atoms. The zero-order chi connectivity index (χ0) is 14.8. The van der Waals surface area contributed by atoms with Crippen LogP contribution in [0.2, 0.25) is 0 Å². The summed E-state index contributed by atoms with van der Waals surface area (Å²) in [5, 5.41) is 2.89. The van der Waals surface area contributed by atoms with Gasteiger partial charge in [0.05, 0.1) is 17.5 Å². The number of aryl methyl sites for hydroxylation is 1. The first-order valence-corrected chi connectivity index (χ1v) is 7.20. The molecule has 2 aromatic heterocycles. The number of hydrogen-bond donors (Lipinski definition) is 2. The van der Waals surface area contributed by atoms with Crippen molar-refractivity contribution < 1.29 is 9.21 Å². The second kappa shape index (κ2) is 8.34. The van der Waals surface area contributed by atoms with Crippen LogP contribution in [0, 0.1) is 12.8 Å². The van der Waals surface area contributed by atoms with Gasteiger partial charge in [0.2, 0.25) is 0 Å². The Morgan fingerprint density at radius 3 is 2.70 bits per heavy atom. The van der Waals surface area contributed by atoms with Gasteiger partial charge in [-0.05, 0) is 49.9 Å². The van der Waals surface area contributed by atoms with Gasteiger partial charge >= 0.3 is 0 Å². The molecule has 0 aromatic carbocycles. The van der Waals surface area contributed by atoms with Crippen molar-refractivity contribution in [3.8, 4) is 11.5 Å². The maximum Gasteiger partial charge on any atom is 0.253 e. The molecule has 1 aliphatic carbocycles. The van der Waals surface area contributed by atoms with Crippen molar-refractivity contribution in [2.24, 2.45) is 11.7 Å². The van der Waals surface area contributed by atoms with Crippen LogP contribution in [0.3, 0.4) is 0 Å². The molecule has 3 rings (SSSR count). The van der Waals surface area contributed by atoms with Crippen molar-refractivity contribution in [2.45, 2.75) is 25.8 Å². The number of halogens is 2. The summed E-state index contributed by atoms with van der Waals surface area (Å²) in [5.74, 6) is 1.15. The Hall–Kier alpha value is -1.56. The van der Waals surface area contributed by atoms with Gasteiger partial charge in [-0.1, -0.05) is 0 Å². The van der Waals surface area contributed by atoms with E-state index in [4.69, 9.17) is 10.2 Å². The third-order valence-corrected chi connectivity index (χ3v) is 3.83. The van der Waals surface area contributed by atoms with E-state index >= 15 is 0 Å². The van der Waals surface area contributed by atoms with E-state index < -0.39 is 0 Å². The molecule has 1 fully saturated rings. The lowest BCUT2D eigenvalue weighted by Gasteiger charge is -2.12. The number of carbonyl (C=O) groups excluding carboxylic acids is 1. The minimum absolute atomic E-state index is 0. The number of nitrogens with two attached hydrogens (primary N) is 1. The van der Waals surface area contributed by atoms with Gasteiger partial charge in [0.25, 0.3) is 5.91 Å². The fourth-order valence-electron chi connectivity index (χ4n) is 2.36. The lowest BCUT2D eigenvalue weighted by Crippen LogP contribution is -2.38. The maximum absolute atomic E-state index is 12.2. The van der Waals surface area contributed by atoms with Gasteiger partial charge in [-0.25, -0.2) is 4.98 Å². The number of amides is 1. The number of rotatable bonds is 5. The van der Waals surface area contributed by atoms with E-state index in [1.807, 2.05) is 19.1 Å². The van der Waals surface area contributed by atoms with Crippen molar-refractivity contribution in [2.75, 3.05) is 6.54 Å². The van der Waals surface area contributed by atoms with Crippen LogP contribution in [0.1, 0.15) is 28.9 Å². The summed E-state index contributed by atoms with van der Waals surface area (Å²) < 4.78 is 5.31. The zero-order valence-corrected chi connectivity index (χ0v) is 14.5. The average molecular weight is 358 g/mol. The average Bonchev–Trinajstić information content (AvgIpc) is 3.19. The first kappa shape index (κ1) is 19.5. The first-order chi connectivity index (χ1) is 10.1. The van der Waals surface area contributed by atoms with Crippen LogP contribution in [-0.2, 0) is 0 Å². The predicted molar refractivity (Wildman–Crippen MR) is 94.2 cm³/mol. The van der Waals surface area contributed by atoms with E-state index in [1.165, 1.54) is 12.8 Å². The summed E-state index contributed by atoms with van der Waals surface area (Å²) in [4.78, 5) is 16.6. The number of pyridine rings is 1. The minimum atomic E-state index is -0.123. The second-order valence-corrected chi connectivity index (χ2v) is 5.52. The summed E-state index contributed by atoms with van der Waals surface area (Å²) in [6.07, 6.45) is 3.96. The summed E-state index contributed by atoms with van der Waals surface area (Å²) >= 11 is 0. The highest BCUT2D eigenvalue weighted by atomic mass is 35.5. The Morgan fingerprint density at radius 2 is 2.13 bits per heavy atom. The molecule has 0 aliphatic heterocycles. The van der Waals surface area contributed by atoms with E-state index in [1.54, 1.807) is 18.4 Å². The number of furan rings is 1. The molecule has 1 unspecified atom stereocenters. The Labute approximate surface area is 147 Å². The smallest absolute Gasteiger partial charge is 0.253 e. The van der Waals surface area contributed by atoms with Crippen molar-refractivity contribution in [1.82, 2.24) is 10.3 Å². The lowest BCUT2D eigenvalue weighted by molar-refractivity contribution is 0.0949. The van der Waals surface area contributed by atoms with Crippen molar-refractivity contribution in [3.63, 3.8) is 0 Å². The second-order valence-electron chi connectivity index (χ2n) is 5.52. The molecule has 1 atom stereocenters. The Bertz CT molecular complexity index is 643. The Morgan fingerprint density at radius 1 is 1.39 bits per heavy atom. The standard InChI is InChI=1S/C16H19N3O2.2ClH/c1-10-12(16(20)18-9-13(17)11-4-5-11)6-7-14(19-10)15-3-2-8-21-15;;/h2-3,6-8,11,13H,4-5,9,17H2,1H3,(H,18,20);2*1H. The number of carbonyl (C=O) groups is 1. The van der Waals surface area contributed by atoms with Crippen molar-refractivity contribution in [3.05, 3.63) is 41.8 Å². The van der Waals surface area contributed by atoms with Crippen LogP contribution >= 0.6 is 24.8 Å². The SMILES string of the molecule is Cc1nc(-c2ccco2)ccc1C(=O)NCC(N)C1CC1.Cl.Cl. The van der Waals surface area contributed by atoms with Crippen LogP contribution < -0.4 is 11.1 Å². The quantitative estimate of drug-likeness (QED) is 0.861. The van der Waals surface area contributed by atoms with Crippen molar-refractivity contribution in [1.29, 1.82) is 0 Å². The van der Waals surface area contributed by atoms with Crippen LogP contribution in [0.5, 0.6) is 0 Å². The highest BCUT2D eigenvalue weighted by molar-refractivity contribution is 5.95. The van der Waals surface area contributed by atoms with Gasteiger partial charge < -0.3 is 15.5 Å². The number of nitrogens with zero attached hydrogens (tertiary/aromatic N) is 1. The summed E-state index contributed by atoms with van der Waals surface area (Å²) in [6.45, 7) is 2.34. The first-order valence-electron chi connectivity index (χ1n) is 7.20. The largest absolute Gasteiger partial charge is 0.463 e. The molecule has 0 bridgehead atoms. The van der Waals surface area contributed by atoms with E-state index in [9.17, 15) is 4.79 Å². The van der Waals surface area contributed by atoms with Gasteiger partial charge in [0.15, 0.2) is 5.76 Å². The molecule has 2 aromatic rings. The number of hydrogen-bond acceptors (Lipinski definition) is 4. The maximum atomic E-state index is 12.2. The van der Waals surface area contributed by atoms with E-state index in [2.05, 4.69) is 10.3 Å². The minimum Gasteiger partial charge on any atom is -0.463 e. The third kappa shape index (κ3) is 4.70. The molecule has 7 heteroatoms. The molecular formula is C16H21Cl2N3O2. The lowest BCUT2D eigenvalue weighted by atomic mass is 10.1. The molecule has 126 valence electrons. The van der Waals surface area contributed by atoms with Crippen molar-refractivity contribution >= 4 is 30.7 Å². The molecule has 0 radical (unpaired) electrons. The van der Waals surface area contributed by atoms with Gasteiger partial charge in [-0.2, -0.15) is 0 Å². The third-order valence-electron chi connectivity index (χ3n) is 3.83. The van der Waals surface area contributed by atoms with E-state index in [0.717, 1.165) is 5.69 Å². The summed E-state index contributed by atoms with van der Waals surface area (Å²) in [5.41, 5.74) is 7.97. The molecule has 2 heterocycles. The molecular weight excluding hydrogens is 337 g/mol. The highest BCUT2D eigenvalue weighted by Gasteiger charge is 2.28. The number of aromatic nitrogens is 1. The van der Waals surface area contributed by atoms with Crippen LogP contribution in [0.4, 0.5) is 0 Å². The summed E-state index contributed by atoms with van der Waals surface area (Å²) in [6, 6.07) is 7.28.